The molecule has 30 heavy (non-hydrogen) atoms. The van der Waals surface area contributed by atoms with Gasteiger partial charge in [-0.15, -0.1) is 0 Å². The molecule has 5 heterocycles. The Labute approximate surface area is 176 Å². The van der Waals surface area contributed by atoms with Crippen molar-refractivity contribution in [3.63, 3.8) is 0 Å². The monoisotopic (exact) mass is 402 g/mol. The van der Waals surface area contributed by atoms with Gasteiger partial charge in [-0.25, -0.2) is 15.0 Å². The third kappa shape index (κ3) is 3.70. The maximum atomic E-state index is 4.96. The quantitative estimate of drug-likeness (QED) is 0.849. The fourth-order valence-electron chi connectivity index (χ4n) is 4.09. The zero-order chi connectivity index (χ0) is 20.5. The van der Waals surface area contributed by atoms with Gasteiger partial charge < -0.3 is 10.2 Å². The van der Waals surface area contributed by atoms with Gasteiger partial charge in [0, 0.05) is 50.1 Å². The van der Waals surface area contributed by atoms with Crippen LogP contribution in [0, 0.1) is 6.92 Å². The van der Waals surface area contributed by atoms with Crippen LogP contribution in [0.25, 0.3) is 0 Å². The van der Waals surface area contributed by atoms with Crippen LogP contribution >= 0.6 is 0 Å². The summed E-state index contributed by atoms with van der Waals surface area (Å²) < 4.78 is 0. The fourth-order valence-corrected chi connectivity index (χ4v) is 4.09. The highest BCUT2D eigenvalue weighted by molar-refractivity contribution is 6.03. The van der Waals surface area contributed by atoms with E-state index in [1.54, 1.807) is 12.4 Å². The summed E-state index contributed by atoms with van der Waals surface area (Å²) in [6.07, 6.45) is 9.15. The molecular formula is C22H26N8. The highest BCUT2D eigenvalue weighted by atomic mass is 15.5. The number of aliphatic imine (C=N–C) groups is 1. The van der Waals surface area contributed by atoms with Crippen molar-refractivity contribution < 1.29 is 0 Å². The zero-order valence-corrected chi connectivity index (χ0v) is 17.4. The van der Waals surface area contributed by atoms with Crippen molar-refractivity contribution in [3.05, 3.63) is 53.8 Å². The van der Waals surface area contributed by atoms with E-state index in [4.69, 9.17) is 4.98 Å². The molecule has 8 nitrogen and oxygen atoms in total. The SMILES string of the molecule is Cc1cncc(C2=NC=C3C=NN(c4cccc(N5CCNC(C)CC5)n4)C3C2)n1. The van der Waals surface area contributed by atoms with E-state index in [-0.39, 0.29) is 6.04 Å². The Morgan fingerprint density at radius 2 is 2.00 bits per heavy atom. The van der Waals surface area contributed by atoms with E-state index < -0.39 is 0 Å². The smallest absolute Gasteiger partial charge is 0.151 e. The molecule has 2 atom stereocenters. The number of hydrogen-bond donors (Lipinski definition) is 1. The maximum Gasteiger partial charge on any atom is 0.151 e. The molecule has 154 valence electrons. The first-order chi connectivity index (χ1) is 14.7. The highest BCUT2D eigenvalue weighted by Crippen LogP contribution is 2.30. The minimum atomic E-state index is 0.0772. The van der Waals surface area contributed by atoms with Crippen molar-refractivity contribution in [1.82, 2.24) is 20.3 Å². The van der Waals surface area contributed by atoms with Gasteiger partial charge in [-0.2, -0.15) is 5.10 Å². The van der Waals surface area contributed by atoms with E-state index in [1.807, 2.05) is 30.4 Å². The molecule has 0 aromatic carbocycles. The predicted molar refractivity (Wildman–Crippen MR) is 119 cm³/mol. The first-order valence-corrected chi connectivity index (χ1v) is 10.5. The second-order valence-corrected chi connectivity index (χ2v) is 8.04. The summed E-state index contributed by atoms with van der Waals surface area (Å²) in [6.45, 7) is 7.12. The van der Waals surface area contributed by atoms with Crippen molar-refractivity contribution in [2.45, 2.75) is 38.8 Å². The molecule has 1 N–H and O–H groups in total. The minimum Gasteiger partial charge on any atom is -0.355 e. The zero-order valence-electron chi connectivity index (χ0n) is 17.4. The van der Waals surface area contributed by atoms with Crippen LogP contribution < -0.4 is 15.2 Å². The van der Waals surface area contributed by atoms with Crippen molar-refractivity contribution >= 4 is 23.6 Å². The molecule has 0 amide bonds. The van der Waals surface area contributed by atoms with Crippen molar-refractivity contribution in [2.75, 3.05) is 29.5 Å². The van der Waals surface area contributed by atoms with Crippen LogP contribution in [0.4, 0.5) is 11.6 Å². The minimum absolute atomic E-state index is 0.0772. The van der Waals surface area contributed by atoms with Crippen LogP contribution in [0.5, 0.6) is 0 Å². The van der Waals surface area contributed by atoms with Crippen LogP contribution in [0.1, 0.15) is 31.2 Å². The molecule has 5 rings (SSSR count). The van der Waals surface area contributed by atoms with Crippen molar-refractivity contribution in [1.29, 1.82) is 0 Å². The molecule has 0 radical (unpaired) electrons. The number of rotatable bonds is 3. The Hall–Kier alpha value is -3.13. The van der Waals surface area contributed by atoms with E-state index in [2.05, 4.69) is 49.3 Å². The molecule has 2 aromatic heterocycles. The van der Waals surface area contributed by atoms with E-state index in [9.17, 15) is 0 Å². The van der Waals surface area contributed by atoms with Crippen molar-refractivity contribution in [3.8, 4) is 0 Å². The van der Waals surface area contributed by atoms with Gasteiger partial charge in [0.15, 0.2) is 5.82 Å². The summed E-state index contributed by atoms with van der Waals surface area (Å²) in [7, 11) is 0. The van der Waals surface area contributed by atoms with Crippen molar-refractivity contribution in [2.24, 2.45) is 10.1 Å². The van der Waals surface area contributed by atoms with Crippen LogP contribution in [0.2, 0.25) is 0 Å². The summed E-state index contributed by atoms with van der Waals surface area (Å²) in [6, 6.07) is 6.81. The molecule has 3 aliphatic heterocycles. The van der Waals surface area contributed by atoms with Gasteiger partial charge in [0.05, 0.1) is 29.9 Å². The second-order valence-electron chi connectivity index (χ2n) is 8.04. The third-order valence-corrected chi connectivity index (χ3v) is 5.80. The Morgan fingerprint density at radius 3 is 2.90 bits per heavy atom. The first kappa shape index (κ1) is 18.9. The van der Waals surface area contributed by atoms with E-state index in [0.29, 0.717) is 6.04 Å². The maximum absolute atomic E-state index is 4.96. The average Bonchev–Trinajstić information content (AvgIpc) is 3.07. The van der Waals surface area contributed by atoms with Gasteiger partial charge in [0.1, 0.15) is 11.5 Å². The molecule has 0 saturated carbocycles. The number of fused-ring (bicyclic) bond motifs is 1. The predicted octanol–water partition coefficient (Wildman–Crippen LogP) is 2.32. The normalized spacial score (nSPS) is 23.7. The fraction of sp³-hybridized carbons (Fsp3) is 0.409. The molecule has 0 spiro atoms. The number of nitrogens with zero attached hydrogens (tertiary/aromatic N) is 7. The van der Waals surface area contributed by atoms with Gasteiger partial charge in [0.25, 0.3) is 0 Å². The van der Waals surface area contributed by atoms with Gasteiger partial charge in [-0.05, 0) is 32.4 Å². The number of anilines is 2. The largest absolute Gasteiger partial charge is 0.355 e. The van der Waals surface area contributed by atoms with Crippen LogP contribution in [-0.4, -0.2) is 58.6 Å². The third-order valence-electron chi connectivity index (χ3n) is 5.80. The van der Waals surface area contributed by atoms with Crippen LogP contribution in [0.3, 0.4) is 0 Å². The average molecular weight is 403 g/mol. The lowest BCUT2D eigenvalue weighted by Gasteiger charge is -2.27. The van der Waals surface area contributed by atoms with Gasteiger partial charge in [-0.1, -0.05) is 6.07 Å². The van der Waals surface area contributed by atoms with E-state index in [1.165, 1.54) is 0 Å². The Bertz CT molecular complexity index is 1030. The molecule has 3 aliphatic rings. The molecule has 2 unspecified atom stereocenters. The summed E-state index contributed by atoms with van der Waals surface area (Å²) in [5.41, 5.74) is 3.74. The number of aromatic nitrogens is 3. The van der Waals surface area contributed by atoms with Gasteiger partial charge in [-0.3, -0.25) is 9.98 Å². The summed E-state index contributed by atoms with van der Waals surface area (Å²) in [4.78, 5) is 20.8. The Kier molecular flexibility index (Phi) is 5.00. The lowest BCUT2D eigenvalue weighted by molar-refractivity contribution is 0.566. The number of aryl methyl sites for hydroxylation is 1. The highest BCUT2D eigenvalue weighted by Gasteiger charge is 2.32. The Morgan fingerprint density at radius 1 is 1.10 bits per heavy atom. The van der Waals surface area contributed by atoms with Gasteiger partial charge in [0.2, 0.25) is 0 Å². The molecule has 2 aromatic rings. The summed E-state index contributed by atoms with van der Waals surface area (Å²) in [5, 5.41) is 10.2. The number of hydrogen-bond acceptors (Lipinski definition) is 8. The summed E-state index contributed by atoms with van der Waals surface area (Å²) >= 11 is 0. The standard InChI is InChI=1S/C22H26N8/c1-15-6-8-29(9-7-24-15)21-4-3-5-22(28-21)30-20-10-18(25-12-17(20)13-26-30)19-14-23-11-16(2)27-19/h3-5,11-15,20,24H,6-10H2,1-2H3. The Balaban J connectivity index is 1.38. The number of hydrazone groups is 1. The molecule has 1 fully saturated rings. The van der Waals surface area contributed by atoms with E-state index >= 15 is 0 Å². The second kappa shape index (κ2) is 7.95. The summed E-state index contributed by atoms with van der Waals surface area (Å²) in [5.74, 6) is 1.87. The molecule has 8 heteroatoms. The topological polar surface area (TPSA) is 81.9 Å². The van der Waals surface area contributed by atoms with Crippen LogP contribution in [-0.2, 0) is 0 Å². The lowest BCUT2D eigenvalue weighted by atomic mass is 9.99. The lowest BCUT2D eigenvalue weighted by Crippen LogP contribution is -2.34. The van der Waals surface area contributed by atoms with Crippen LogP contribution in [0.15, 0.2) is 52.5 Å². The number of nitrogens with one attached hydrogen (secondary N) is 1. The number of pyridine rings is 1. The molecule has 0 aliphatic carbocycles. The van der Waals surface area contributed by atoms with E-state index in [0.717, 1.165) is 66.8 Å². The first-order valence-electron chi connectivity index (χ1n) is 10.5. The molecule has 0 bridgehead atoms. The van der Waals surface area contributed by atoms with Gasteiger partial charge >= 0.3 is 0 Å². The molecular weight excluding hydrogens is 376 g/mol. The molecule has 1 saturated heterocycles.